The summed E-state index contributed by atoms with van der Waals surface area (Å²) < 4.78 is 21.6. The molecule has 1 aromatic carbocycles. The summed E-state index contributed by atoms with van der Waals surface area (Å²) in [5.74, 6) is 2.29. The third-order valence-electron chi connectivity index (χ3n) is 3.90. The van der Waals surface area contributed by atoms with E-state index in [0.717, 1.165) is 0 Å². The van der Waals surface area contributed by atoms with Crippen LogP contribution in [0.5, 0.6) is 17.2 Å². The molecule has 7 heteroatoms. The summed E-state index contributed by atoms with van der Waals surface area (Å²) in [6.45, 7) is 0.121. The molecule has 0 amide bonds. The number of ether oxygens (including phenoxy) is 3. The Balaban J connectivity index is 1.95. The highest BCUT2D eigenvalue weighted by Gasteiger charge is 2.23. The Kier molecular flexibility index (Phi) is 3.43. The van der Waals surface area contributed by atoms with Gasteiger partial charge in [0.15, 0.2) is 17.3 Å². The molecule has 4 rings (SSSR count). The van der Waals surface area contributed by atoms with E-state index in [0.29, 0.717) is 39.8 Å². The maximum absolute atomic E-state index is 9.52. The van der Waals surface area contributed by atoms with Crippen LogP contribution in [0.4, 0.5) is 5.82 Å². The lowest BCUT2D eigenvalue weighted by molar-refractivity contribution is 0.171. The SMILES string of the molecule is COc1cc(-c2cc(-c3ccco3)nc(N)c2C#N)cc2c1OCO2. The molecule has 0 bridgehead atoms. The van der Waals surface area contributed by atoms with Crippen LogP contribution in [0.15, 0.2) is 41.0 Å². The van der Waals surface area contributed by atoms with Crippen LogP contribution in [0.1, 0.15) is 5.56 Å². The van der Waals surface area contributed by atoms with Crippen LogP contribution in [0.25, 0.3) is 22.6 Å². The van der Waals surface area contributed by atoms with E-state index in [4.69, 9.17) is 24.4 Å². The molecule has 25 heavy (non-hydrogen) atoms. The Morgan fingerprint density at radius 2 is 2.16 bits per heavy atom. The van der Waals surface area contributed by atoms with Crippen LogP contribution in [0, 0.1) is 11.3 Å². The number of rotatable bonds is 3. The third-order valence-corrected chi connectivity index (χ3v) is 3.90. The number of benzene rings is 1. The van der Waals surface area contributed by atoms with Gasteiger partial charge in [0.2, 0.25) is 12.5 Å². The van der Waals surface area contributed by atoms with Crippen LogP contribution in [0.2, 0.25) is 0 Å². The van der Waals surface area contributed by atoms with E-state index in [-0.39, 0.29) is 18.2 Å². The third kappa shape index (κ3) is 2.40. The largest absolute Gasteiger partial charge is 0.493 e. The molecule has 0 radical (unpaired) electrons. The Bertz CT molecular complexity index is 991. The van der Waals surface area contributed by atoms with Gasteiger partial charge in [0.05, 0.1) is 13.4 Å². The molecule has 2 aromatic heterocycles. The zero-order valence-corrected chi connectivity index (χ0v) is 13.3. The van der Waals surface area contributed by atoms with Gasteiger partial charge in [0.1, 0.15) is 23.1 Å². The number of hydrogen-bond acceptors (Lipinski definition) is 7. The number of nitriles is 1. The van der Waals surface area contributed by atoms with Gasteiger partial charge in [-0.3, -0.25) is 0 Å². The van der Waals surface area contributed by atoms with Crippen molar-refractivity contribution in [2.45, 2.75) is 0 Å². The number of anilines is 1. The molecule has 7 nitrogen and oxygen atoms in total. The van der Waals surface area contributed by atoms with Crippen molar-refractivity contribution >= 4 is 5.82 Å². The van der Waals surface area contributed by atoms with E-state index >= 15 is 0 Å². The van der Waals surface area contributed by atoms with E-state index in [2.05, 4.69) is 11.1 Å². The summed E-state index contributed by atoms with van der Waals surface area (Å²) in [4.78, 5) is 4.26. The first-order chi connectivity index (χ1) is 12.2. The lowest BCUT2D eigenvalue weighted by atomic mass is 9.99. The van der Waals surface area contributed by atoms with Gasteiger partial charge in [-0.1, -0.05) is 0 Å². The number of pyridine rings is 1. The molecule has 124 valence electrons. The van der Waals surface area contributed by atoms with Crippen molar-refractivity contribution in [1.29, 1.82) is 5.26 Å². The zero-order chi connectivity index (χ0) is 17.4. The summed E-state index contributed by atoms with van der Waals surface area (Å²) in [6, 6.07) is 11.0. The highest BCUT2D eigenvalue weighted by atomic mass is 16.7. The smallest absolute Gasteiger partial charge is 0.231 e. The van der Waals surface area contributed by atoms with Crippen molar-refractivity contribution in [2.75, 3.05) is 19.6 Å². The topological polar surface area (TPSA) is 104 Å². The second-order valence-corrected chi connectivity index (χ2v) is 5.32. The van der Waals surface area contributed by atoms with E-state index in [1.54, 1.807) is 43.7 Å². The number of nitrogen functional groups attached to an aromatic ring is 1. The Hall–Kier alpha value is -3.66. The molecule has 3 heterocycles. The molecule has 2 N–H and O–H groups in total. The minimum Gasteiger partial charge on any atom is -0.493 e. The van der Waals surface area contributed by atoms with Gasteiger partial charge in [0, 0.05) is 5.56 Å². The highest BCUT2D eigenvalue weighted by molar-refractivity contribution is 5.81. The van der Waals surface area contributed by atoms with Gasteiger partial charge < -0.3 is 24.4 Å². The number of nitrogens with zero attached hydrogens (tertiary/aromatic N) is 2. The second-order valence-electron chi connectivity index (χ2n) is 5.32. The average molecular weight is 335 g/mol. The Morgan fingerprint density at radius 1 is 1.28 bits per heavy atom. The fraction of sp³-hybridized carbons (Fsp3) is 0.111. The van der Waals surface area contributed by atoms with E-state index in [1.807, 2.05) is 0 Å². The molecule has 0 saturated heterocycles. The molecule has 1 aliphatic rings. The zero-order valence-electron chi connectivity index (χ0n) is 13.3. The van der Waals surface area contributed by atoms with Crippen molar-refractivity contribution in [3.63, 3.8) is 0 Å². The van der Waals surface area contributed by atoms with E-state index in [1.165, 1.54) is 0 Å². The van der Waals surface area contributed by atoms with Crippen molar-refractivity contribution in [1.82, 2.24) is 4.98 Å². The first kappa shape index (κ1) is 14.9. The first-order valence-electron chi connectivity index (χ1n) is 7.43. The molecular formula is C18H13N3O4. The maximum Gasteiger partial charge on any atom is 0.231 e. The number of aromatic nitrogens is 1. The monoisotopic (exact) mass is 335 g/mol. The lowest BCUT2D eigenvalue weighted by Gasteiger charge is -2.12. The van der Waals surface area contributed by atoms with Crippen LogP contribution in [0.3, 0.4) is 0 Å². The predicted molar refractivity (Wildman–Crippen MR) is 89.2 cm³/mol. The molecule has 0 unspecified atom stereocenters. The minimum absolute atomic E-state index is 0.121. The number of methoxy groups -OCH3 is 1. The molecule has 0 spiro atoms. The first-order valence-corrected chi connectivity index (χ1v) is 7.43. The van der Waals surface area contributed by atoms with Gasteiger partial charge in [-0.2, -0.15) is 5.26 Å². The Labute approximate surface area is 143 Å². The number of furan rings is 1. The Morgan fingerprint density at radius 3 is 2.88 bits per heavy atom. The lowest BCUT2D eigenvalue weighted by Crippen LogP contribution is -1.99. The second kappa shape index (κ2) is 5.76. The number of fused-ring (bicyclic) bond motifs is 1. The van der Waals surface area contributed by atoms with Gasteiger partial charge in [-0.25, -0.2) is 4.98 Å². The molecule has 0 fully saturated rings. The molecule has 3 aromatic rings. The van der Waals surface area contributed by atoms with E-state index in [9.17, 15) is 5.26 Å². The number of hydrogen-bond donors (Lipinski definition) is 1. The van der Waals surface area contributed by atoms with Gasteiger partial charge in [-0.15, -0.1) is 0 Å². The van der Waals surface area contributed by atoms with Crippen molar-refractivity contribution < 1.29 is 18.6 Å². The number of nitrogens with two attached hydrogens (primary N) is 1. The van der Waals surface area contributed by atoms with E-state index < -0.39 is 0 Å². The fourth-order valence-corrected chi connectivity index (χ4v) is 2.75. The van der Waals surface area contributed by atoms with Crippen molar-refractivity contribution in [2.24, 2.45) is 0 Å². The quantitative estimate of drug-likeness (QED) is 0.783. The van der Waals surface area contributed by atoms with Crippen LogP contribution in [-0.2, 0) is 0 Å². The fourth-order valence-electron chi connectivity index (χ4n) is 2.75. The van der Waals surface area contributed by atoms with Gasteiger partial charge in [-0.05, 0) is 35.9 Å². The van der Waals surface area contributed by atoms with Gasteiger partial charge in [0.25, 0.3) is 0 Å². The standard InChI is InChI=1S/C18H13N3O4/c1-22-15-5-10(6-16-17(15)25-9-24-16)11-7-13(14-3-2-4-23-14)21-18(20)12(11)8-19/h2-7H,9H2,1H3,(H2,20,21). The summed E-state index contributed by atoms with van der Waals surface area (Å²) in [5, 5.41) is 9.52. The van der Waals surface area contributed by atoms with Crippen molar-refractivity contribution in [3.05, 3.63) is 42.2 Å². The molecular weight excluding hydrogens is 322 g/mol. The normalized spacial score (nSPS) is 12.0. The highest BCUT2D eigenvalue weighted by Crippen LogP contribution is 2.45. The molecule has 0 saturated carbocycles. The molecule has 0 atom stereocenters. The molecule has 0 aliphatic carbocycles. The minimum atomic E-state index is 0.121. The average Bonchev–Trinajstić information content (AvgIpc) is 3.31. The maximum atomic E-state index is 9.52. The van der Waals surface area contributed by atoms with Crippen LogP contribution in [-0.4, -0.2) is 18.9 Å². The summed E-state index contributed by atoms with van der Waals surface area (Å²) in [6.07, 6.45) is 1.55. The van der Waals surface area contributed by atoms with Crippen molar-refractivity contribution in [3.8, 4) is 45.9 Å². The summed E-state index contributed by atoms with van der Waals surface area (Å²) in [5.41, 5.74) is 8.12. The predicted octanol–water partition coefficient (Wildman–Crippen LogP) is 3.20. The summed E-state index contributed by atoms with van der Waals surface area (Å²) in [7, 11) is 1.54. The molecule has 1 aliphatic heterocycles. The van der Waals surface area contributed by atoms with Crippen LogP contribution < -0.4 is 19.9 Å². The van der Waals surface area contributed by atoms with Crippen LogP contribution >= 0.6 is 0 Å². The summed E-state index contributed by atoms with van der Waals surface area (Å²) >= 11 is 0. The van der Waals surface area contributed by atoms with Gasteiger partial charge >= 0.3 is 0 Å².